The minimum Gasteiger partial charge on any atom is -0.478 e. The van der Waals surface area contributed by atoms with Crippen LogP contribution in [0, 0.1) is 5.82 Å². The average molecular weight is 309 g/mol. The van der Waals surface area contributed by atoms with Crippen LogP contribution in [-0.4, -0.2) is 24.2 Å². The molecule has 6 heteroatoms. The van der Waals surface area contributed by atoms with Gasteiger partial charge in [-0.3, -0.25) is 0 Å². The average Bonchev–Trinajstić information content (AvgIpc) is 2.47. The summed E-state index contributed by atoms with van der Waals surface area (Å²) in [6.07, 6.45) is 0. The minimum absolute atomic E-state index is 0.0303. The van der Waals surface area contributed by atoms with Crippen molar-refractivity contribution in [3.63, 3.8) is 0 Å². The van der Waals surface area contributed by atoms with E-state index in [1.165, 1.54) is 37.4 Å². The number of carboxylic acid groups (broad SMARTS) is 1. The van der Waals surface area contributed by atoms with E-state index in [0.29, 0.717) is 0 Å². The summed E-state index contributed by atoms with van der Waals surface area (Å²) < 4.78 is 18.5. The zero-order valence-electron chi connectivity index (χ0n) is 10.9. The Labute approximate surface area is 124 Å². The van der Waals surface area contributed by atoms with Crippen LogP contribution in [0.25, 0.3) is 11.1 Å². The van der Waals surface area contributed by atoms with Crippen molar-refractivity contribution in [1.82, 2.24) is 0 Å². The van der Waals surface area contributed by atoms with E-state index in [4.69, 9.17) is 16.7 Å². The predicted octanol–water partition coefficient (Wildman–Crippen LogP) is 3.63. The Morgan fingerprint density at radius 1 is 1.10 bits per heavy atom. The molecule has 0 atom stereocenters. The van der Waals surface area contributed by atoms with Gasteiger partial charge in [-0.1, -0.05) is 11.6 Å². The van der Waals surface area contributed by atoms with Gasteiger partial charge in [0.1, 0.15) is 5.82 Å². The molecule has 4 nitrogen and oxygen atoms in total. The van der Waals surface area contributed by atoms with Crippen molar-refractivity contribution in [3.05, 3.63) is 58.4 Å². The fourth-order valence-electron chi connectivity index (χ4n) is 1.84. The molecule has 2 aromatic carbocycles. The zero-order chi connectivity index (χ0) is 15.6. The van der Waals surface area contributed by atoms with Crippen molar-refractivity contribution in [2.24, 2.45) is 0 Å². The molecule has 1 N–H and O–H groups in total. The van der Waals surface area contributed by atoms with Gasteiger partial charge in [-0.2, -0.15) is 0 Å². The monoisotopic (exact) mass is 308 g/mol. The number of carboxylic acids is 1. The maximum atomic E-state index is 14.0. The van der Waals surface area contributed by atoms with E-state index >= 15 is 0 Å². The van der Waals surface area contributed by atoms with Gasteiger partial charge < -0.3 is 9.84 Å². The third-order valence-corrected chi connectivity index (χ3v) is 3.22. The molecule has 0 unspecified atom stereocenters. The molecular weight excluding hydrogens is 299 g/mol. The number of carbonyl (C=O) groups excluding carboxylic acids is 1. The Hall–Kier alpha value is -2.40. The smallest absolute Gasteiger partial charge is 0.337 e. The van der Waals surface area contributed by atoms with Crippen LogP contribution in [0.4, 0.5) is 4.39 Å². The number of halogens is 2. The second-order valence-electron chi connectivity index (χ2n) is 4.19. The number of esters is 1. The Morgan fingerprint density at radius 3 is 2.33 bits per heavy atom. The molecule has 21 heavy (non-hydrogen) atoms. The molecule has 108 valence electrons. The Kier molecular flexibility index (Phi) is 4.23. The zero-order valence-corrected chi connectivity index (χ0v) is 11.6. The summed E-state index contributed by atoms with van der Waals surface area (Å²) >= 11 is 6.00. The van der Waals surface area contributed by atoms with E-state index in [1.807, 2.05) is 0 Å². The van der Waals surface area contributed by atoms with Gasteiger partial charge >= 0.3 is 11.9 Å². The number of ether oxygens (including phenoxy) is 1. The van der Waals surface area contributed by atoms with E-state index in [9.17, 15) is 14.0 Å². The number of carbonyl (C=O) groups is 2. The van der Waals surface area contributed by atoms with E-state index < -0.39 is 17.8 Å². The maximum absolute atomic E-state index is 14.0. The van der Waals surface area contributed by atoms with Gasteiger partial charge in [0.05, 0.1) is 18.2 Å². The van der Waals surface area contributed by atoms with Gasteiger partial charge in [-0.25, -0.2) is 14.0 Å². The first kappa shape index (κ1) is 15.0. The van der Waals surface area contributed by atoms with Crippen molar-refractivity contribution < 1.29 is 23.8 Å². The van der Waals surface area contributed by atoms with Crippen LogP contribution in [0.3, 0.4) is 0 Å². The summed E-state index contributed by atoms with van der Waals surface area (Å²) in [5.74, 6) is -2.40. The molecule has 0 aliphatic rings. The van der Waals surface area contributed by atoms with E-state index in [0.717, 1.165) is 6.07 Å². The lowest BCUT2D eigenvalue weighted by molar-refractivity contribution is 0.0599. The fourth-order valence-corrected chi connectivity index (χ4v) is 2.06. The van der Waals surface area contributed by atoms with Crippen molar-refractivity contribution in [2.75, 3.05) is 7.11 Å². The second kappa shape index (κ2) is 5.93. The molecule has 0 aromatic heterocycles. The summed E-state index contributed by atoms with van der Waals surface area (Å²) in [5.41, 5.74) is 0.341. The van der Waals surface area contributed by atoms with Crippen LogP contribution in [0.1, 0.15) is 20.7 Å². The highest BCUT2D eigenvalue weighted by molar-refractivity contribution is 6.33. The first-order valence-electron chi connectivity index (χ1n) is 5.85. The van der Waals surface area contributed by atoms with Gasteiger partial charge in [0.15, 0.2) is 0 Å². The molecule has 0 radical (unpaired) electrons. The number of methoxy groups -OCH3 is 1. The number of aromatic carboxylic acids is 1. The Bertz CT molecular complexity index is 728. The lowest BCUT2D eigenvalue weighted by Gasteiger charge is -2.09. The van der Waals surface area contributed by atoms with Gasteiger partial charge in [0, 0.05) is 16.1 Å². The summed E-state index contributed by atoms with van der Waals surface area (Å²) in [4.78, 5) is 22.5. The number of hydrogen-bond donors (Lipinski definition) is 1. The summed E-state index contributed by atoms with van der Waals surface area (Å²) in [5, 5.41) is 9.17. The molecule has 0 heterocycles. The molecule has 2 aromatic rings. The summed E-state index contributed by atoms with van der Waals surface area (Å²) in [7, 11) is 1.21. The van der Waals surface area contributed by atoms with Crippen molar-refractivity contribution in [3.8, 4) is 11.1 Å². The quantitative estimate of drug-likeness (QED) is 0.879. The minimum atomic E-state index is -1.16. The normalized spacial score (nSPS) is 10.2. The van der Waals surface area contributed by atoms with Crippen molar-refractivity contribution in [1.29, 1.82) is 0 Å². The largest absolute Gasteiger partial charge is 0.478 e. The first-order chi connectivity index (χ1) is 9.93. The molecule has 0 fully saturated rings. The van der Waals surface area contributed by atoms with Gasteiger partial charge in [-0.05, 0) is 36.4 Å². The molecule has 0 spiro atoms. The maximum Gasteiger partial charge on any atom is 0.337 e. The molecule has 2 rings (SSSR count). The lowest BCUT2D eigenvalue weighted by atomic mass is 10.00. The molecule has 0 bridgehead atoms. The van der Waals surface area contributed by atoms with Crippen LogP contribution >= 0.6 is 11.6 Å². The van der Waals surface area contributed by atoms with E-state index in [1.54, 1.807) is 0 Å². The highest BCUT2D eigenvalue weighted by Gasteiger charge is 2.15. The molecule has 0 aliphatic heterocycles. The second-order valence-corrected chi connectivity index (χ2v) is 4.59. The van der Waals surface area contributed by atoms with Crippen LogP contribution in [0.2, 0.25) is 5.02 Å². The highest BCUT2D eigenvalue weighted by Crippen LogP contribution is 2.31. The predicted molar refractivity (Wildman–Crippen MR) is 75.1 cm³/mol. The van der Waals surface area contributed by atoms with Crippen molar-refractivity contribution in [2.45, 2.75) is 0 Å². The van der Waals surface area contributed by atoms with Crippen LogP contribution < -0.4 is 0 Å². The standard InChI is InChI=1S/C15H10ClFO4/c1-21-15(20)9-3-5-13(17)11(7-9)10-6-8(14(18)19)2-4-12(10)16/h2-7H,1H3,(H,18,19). The van der Waals surface area contributed by atoms with Crippen LogP contribution in [0.5, 0.6) is 0 Å². The third-order valence-electron chi connectivity index (χ3n) is 2.89. The molecule has 0 saturated heterocycles. The molecule has 0 aliphatic carbocycles. The lowest BCUT2D eigenvalue weighted by Crippen LogP contribution is -2.02. The van der Waals surface area contributed by atoms with Gasteiger partial charge in [0.25, 0.3) is 0 Å². The molecule has 0 amide bonds. The SMILES string of the molecule is COC(=O)c1ccc(F)c(-c2cc(C(=O)O)ccc2Cl)c1. The van der Waals surface area contributed by atoms with E-state index in [2.05, 4.69) is 4.74 Å². The van der Waals surface area contributed by atoms with E-state index in [-0.39, 0.29) is 27.3 Å². The first-order valence-corrected chi connectivity index (χ1v) is 6.23. The molecule has 0 saturated carbocycles. The van der Waals surface area contributed by atoms with Crippen LogP contribution in [-0.2, 0) is 4.74 Å². The van der Waals surface area contributed by atoms with Gasteiger partial charge in [0.2, 0.25) is 0 Å². The Balaban J connectivity index is 2.63. The number of benzene rings is 2. The fraction of sp³-hybridized carbons (Fsp3) is 0.0667. The molecular formula is C15H10ClFO4. The third kappa shape index (κ3) is 3.03. The van der Waals surface area contributed by atoms with Gasteiger partial charge in [-0.15, -0.1) is 0 Å². The Morgan fingerprint density at radius 2 is 1.71 bits per heavy atom. The number of hydrogen-bond acceptors (Lipinski definition) is 3. The van der Waals surface area contributed by atoms with Crippen molar-refractivity contribution >= 4 is 23.5 Å². The summed E-state index contributed by atoms with van der Waals surface area (Å²) in [6, 6.07) is 7.59. The number of rotatable bonds is 3. The topological polar surface area (TPSA) is 63.6 Å². The van der Waals surface area contributed by atoms with Crippen LogP contribution in [0.15, 0.2) is 36.4 Å². The summed E-state index contributed by atoms with van der Waals surface area (Å²) in [6.45, 7) is 0. The highest BCUT2D eigenvalue weighted by atomic mass is 35.5.